The van der Waals surface area contributed by atoms with Crippen LogP contribution < -0.4 is 5.32 Å². The highest BCUT2D eigenvalue weighted by Crippen LogP contribution is 2.34. The first kappa shape index (κ1) is 25.2. The number of carbonyl (C=O) groups excluding carboxylic acids is 2. The van der Waals surface area contributed by atoms with Gasteiger partial charge in [0, 0.05) is 23.9 Å². The summed E-state index contributed by atoms with van der Waals surface area (Å²) in [6.07, 6.45) is 2.66. The van der Waals surface area contributed by atoms with Crippen LogP contribution in [0.25, 0.3) is 0 Å². The summed E-state index contributed by atoms with van der Waals surface area (Å²) in [4.78, 5) is 26.5. The van der Waals surface area contributed by atoms with Gasteiger partial charge < -0.3 is 10.1 Å². The average Bonchev–Trinajstić information content (AvgIpc) is 3.14. The van der Waals surface area contributed by atoms with Crippen molar-refractivity contribution in [3.8, 4) is 6.07 Å². The van der Waals surface area contributed by atoms with E-state index in [1.54, 1.807) is 38.1 Å². The van der Waals surface area contributed by atoms with Crippen LogP contribution in [0.1, 0.15) is 40.6 Å². The van der Waals surface area contributed by atoms with Gasteiger partial charge in [0.05, 0.1) is 17.1 Å². The van der Waals surface area contributed by atoms with E-state index in [1.165, 1.54) is 16.1 Å². The largest absolute Gasteiger partial charge is 0.462 e. The fourth-order valence-corrected chi connectivity index (χ4v) is 6.53. The summed E-state index contributed by atoms with van der Waals surface area (Å²) in [5.74, 6) is -1.21. The second kappa shape index (κ2) is 10.7. The Morgan fingerprint density at radius 1 is 1.27 bits per heavy atom. The van der Waals surface area contributed by atoms with E-state index >= 15 is 0 Å². The van der Waals surface area contributed by atoms with Crippen LogP contribution in [0.2, 0.25) is 0 Å². The van der Waals surface area contributed by atoms with Crippen molar-refractivity contribution >= 4 is 50.0 Å². The average molecular weight is 508 g/mol. The van der Waals surface area contributed by atoms with Crippen molar-refractivity contribution in [3.05, 3.63) is 40.3 Å². The van der Waals surface area contributed by atoms with E-state index in [9.17, 15) is 23.3 Å². The van der Waals surface area contributed by atoms with Crippen LogP contribution >= 0.6 is 23.1 Å². The number of nitrogens with one attached hydrogen (secondary N) is 1. The molecular formula is C22H25N3O5S3. The van der Waals surface area contributed by atoms with Crippen LogP contribution in [0.4, 0.5) is 5.00 Å². The van der Waals surface area contributed by atoms with E-state index in [1.807, 2.05) is 12.3 Å². The molecule has 0 aliphatic carbocycles. The number of anilines is 1. The smallest absolute Gasteiger partial charge is 0.348 e. The van der Waals surface area contributed by atoms with Gasteiger partial charge in [-0.2, -0.15) is 9.57 Å². The molecule has 1 aliphatic heterocycles. The number of esters is 1. The lowest BCUT2D eigenvalue weighted by Crippen LogP contribution is -2.41. The summed E-state index contributed by atoms with van der Waals surface area (Å²) in [7, 11) is -3.62. The predicted octanol–water partition coefficient (Wildman–Crippen LogP) is 3.87. The van der Waals surface area contributed by atoms with Gasteiger partial charge in [-0.1, -0.05) is 0 Å². The first-order valence-electron chi connectivity index (χ1n) is 10.4. The quantitative estimate of drug-likeness (QED) is 0.447. The number of carbonyl (C=O) groups is 2. The molecule has 176 valence electrons. The Balaban J connectivity index is 1.67. The highest BCUT2D eigenvalue weighted by molar-refractivity contribution is 7.98. The van der Waals surface area contributed by atoms with Gasteiger partial charge in [0.15, 0.2) is 0 Å². The van der Waals surface area contributed by atoms with Crippen LogP contribution in [0.15, 0.2) is 34.1 Å². The number of piperidine rings is 1. The number of nitrogens with zero attached hydrogens (tertiary/aromatic N) is 2. The zero-order valence-corrected chi connectivity index (χ0v) is 21.0. The SMILES string of the molecule is CCOC(=O)c1sc(NC(=O)C2CCN(S(=O)(=O)c3ccc(SC)cc3)CC2)c(C#N)c1C. The fourth-order valence-electron chi connectivity index (χ4n) is 3.60. The number of hydrogen-bond acceptors (Lipinski definition) is 8. The summed E-state index contributed by atoms with van der Waals surface area (Å²) < 4.78 is 32.3. The third kappa shape index (κ3) is 5.41. The topological polar surface area (TPSA) is 117 Å². The number of hydrogen-bond donors (Lipinski definition) is 1. The number of benzene rings is 1. The Kier molecular flexibility index (Phi) is 8.18. The molecule has 0 unspecified atom stereocenters. The van der Waals surface area contributed by atoms with Crippen molar-refractivity contribution in [2.75, 3.05) is 31.3 Å². The van der Waals surface area contributed by atoms with Gasteiger partial charge in [-0.3, -0.25) is 4.79 Å². The van der Waals surface area contributed by atoms with Crippen molar-refractivity contribution in [2.45, 2.75) is 36.5 Å². The molecule has 3 rings (SSSR count). The molecule has 1 fully saturated rings. The number of rotatable bonds is 7. The van der Waals surface area contributed by atoms with Crippen LogP contribution in [0.5, 0.6) is 0 Å². The molecule has 2 heterocycles. The normalized spacial score (nSPS) is 15.1. The molecule has 2 aromatic rings. The van der Waals surface area contributed by atoms with Crippen molar-refractivity contribution in [2.24, 2.45) is 5.92 Å². The third-order valence-corrected chi connectivity index (χ3v) is 9.32. The Bertz CT molecular complexity index is 1180. The number of nitriles is 1. The van der Waals surface area contributed by atoms with E-state index < -0.39 is 21.9 Å². The maximum atomic E-state index is 12.9. The zero-order chi connectivity index (χ0) is 24.2. The maximum Gasteiger partial charge on any atom is 0.348 e. The number of ether oxygens (including phenoxy) is 1. The van der Waals surface area contributed by atoms with Crippen molar-refractivity contribution in [3.63, 3.8) is 0 Å². The van der Waals surface area contributed by atoms with Crippen molar-refractivity contribution < 1.29 is 22.7 Å². The minimum Gasteiger partial charge on any atom is -0.462 e. The zero-order valence-electron chi connectivity index (χ0n) is 18.6. The summed E-state index contributed by atoms with van der Waals surface area (Å²) >= 11 is 2.56. The van der Waals surface area contributed by atoms with Crippen molar-refractivity contribution in [1.82, 2.24) is 4.31 Å². The minimum atomic E-state index is -3.62. The fraction of sp³-hybridized carbons (Fsp3) is 0.409. The van der Waals surface area contributed by atoms with Gasteiger partial charge in [-0.25, -0.2) is 13.2 Å². The summed E-state index contributed by atoms with van der Waals surface area (Å²) in [6.45, 7) is 4.01. The summed E-state index contributed by atoms with van der Waals surface area (Å²) in [6, 6.07) is 8.80. The first-order chi connectivity index (χ1) is 15.7. The standard InChI is InChI=1S/C22H25N3O5S3/c1-4-30-22(27)19-14(2)18(13-23)21(32-19)24-20(26)15-9-11-25(12-10-15)33(28,29)17-7-5-16(31-3)6-8-17/h5-8,15H,4,9-12H2,1-3H3,(H,24,26). The van der Waals surface area contributed by atoms with Crippen LogP contribution in [0, 0.1) is 24.2 Å². The molecule has 0 spiro atoms. The number of thiophene rings is 1. The predicted molar refractivity (Wildman–Crippen MR) is 128 cm³/mol. The Hall–Kier alpha value is -2.39. The molecule has 1 N–H and O–H groups in total. The maximum absolute atomic E-state index is 12.9. The lowest BCUT2D eigenvalue weighted by molar-refractivity contribution is -0.120. The molecule has 0 atom stereocenters. The van der Waals surface area contributed by atoms with E-state index in [0.717, 1.165) is 16.2 Å². The van der Waals surface area contributed by atoms with E-state index in [0.29, 0.717) is 23.4 Å². The van der Waals surface area contributed by atoms with E-state index in [-0.39, 0.29) is 40.9 Å². The molecule has 1 aromatic carbocycles. The van der Waals surface area contributed by atoms with Gasteiger partial charge in [-0.05, 0) is 62.8 Å². The number of amides is 1. The lowest BCUT2D eigenvalue weighted by atomic mass is 9.97. The van der Waals surface area contributed by atoms with Crippen LogP contribution in [-0.4, -0.2) is 50.6 Å². The Morgan fingerprint density at radius 3 is 2.45 bits per heavy atom. The molecular weight excluding hydrogens is 482 g/mol. The second-order valence-corrected chi connectivity index (χ2v) is 11.3. The molecule has 1 aromatic heterocycles. The molecule has 0 saturated carbocycles. The van der Waals surface area contributed by atoms with Gasteiger partial charge >= 0.3 is 5.97 Å². The Morgan fingerprint density at radius 2 is 1.91 bits per heavy atom. The first-order valence-corrected chi connectivity index (χ1v) is 13.9. The summed E-state index contributed by atoms with van der Waals surface area (Å²) in [5, 5.41) is 12.6. The van der Waals surface area contributed by atoms with Gasteiger partial charge in [0.25, 0.3) is 0 Å². The monoisotopic (exact) mass is 507 g/mol. The van der Waals surface area contributed by atoms with E-state index in [4.69, 9.17) is 4.74 Å². The van der Waals surface area contributed by atoms with Gasteiger partial charge in [0.2, 0.25) is 15.9 Å². The summed E-state index contributed by atoms with van der Waals surface area (Å²) in [5.41, 5.74) is 0.717. The highest BCUT2D eigenvalue weighted by Gasteiger charge is 2.33. The molecule has 11 heteroatoms. The highest BCUT2D eigenvalue weighted by atomic mass is 32.2. The second-order valence-electron chi connectivity index (χ2n) is 7.44. The van der Waals surface area contributed by atoms with Gasteiger partial charge in [-0.15, -0.1) is 23.1 Å². The lowest BCUT2D eigenvalue weighted by Gasteiger charge is -2.30. The van der Waals surface area contributed by atoms with E-state index in [2.05, 4.69) is 5.32 Å². The number of thioether (sulfide) groups is 1. The van der Waals surface area contributed by atoms with Crippen molar-refractivity contribution in [1.29, 1.82) is 5.26 Å². The molecule has 0 radical (unpaired) electrons. The van der Waals surface area contributed by atoms with Crippen LogP contribution in [0.3, 0.4) is 0 Å². The van der Waals surface area contributed by atoms with Gasteiger partial charge in [0.1, 0.15) is 15.9 Å². The third-order valence-electron chi connectivity index (χ3n) is 5.48. The molecule has 8 nitrogen and oxygen atoms in total. The molecule has 0 bridgehead atoms. The number of sulfonamides is 1. The molecule has 1 aliphatic rings. The molecule has 33 heavy (non-hydrogen) atoms. The molecule has 1 amide bonds. The minimum absolute atomic E-state index is 0.211. The van der Waals surface area contributed by atoms with Crippen LogP contribution in [-0.2, 0) is 19.6 Å². The Labute approximate surface area is 202 Å². The molecule has 1 saturated heterocycles.